The zero-order chi connectivity index (χ0) is 16.4. The zero-order valence-corrected chi connectivity index (χ0v) is 13.8. The minimum atomic E-state index is 0.122. The number of hydrogen-bond acceptors (Lipinski definition) is 8. The van der Waals surface area contributed by atoms with Crippen LogP contribution in [-0.2, 0) is 11.3 Å². The van der Waals surface area contributed by atoms with Crippen LogP contribution in [0, 0.1) is 0 Å². The first-order valence-electron chi connectivity index (χ1n) is 8.43. The third-order valence-electron chi connectivity index (χ3n) is 4.43. The molecule has 0 N–H and O–H groups in total. The molecule has 128 valence electrons. The Kier molecular flexibility index (Phi) is 4.40. The summed E-state index contributed by atoms with van der Waals surface area (Å²) in [5, 5.41) is 12.1. The van der Waals surface area contributed by atoms with Crippen molar-refractivity contribution < 1.29 is 9.26 Å². The van der Waals surface area contributed by atoms with Crippen molar-refractivity contribution >= 4 is 5.82 Å². The summed E-state index contributed by atoms with van der Waals surface area (Å²) in [4.78, 5) is 8.89. The molecule has 2 aromatic heterocycles. The number of likely N-dealkylation sites (N-methyl/N-ethyl adjacent to an activating group) is 1. The molecule has 1 aliphatic carbocycles. The standard InChI is InChI=1S/C16H22N6O2/c1-21(14-3-2-6-17-19-14)9-13-10-22(7-8-23-13)11-15-18-16(20-24-15)12-4-5-12/h2-3,6,12-13H,4-5,7-11H2,1H3/t13-/m1/s1. The van der Waals surface area contributed by atoms with Crippen molar-refractivity contribution in [3.8, 4) is 0 Å². The molecule has 0 amide bonds. The minimum Gasteiger partial charge on any atom is -0.374 e. The van der Waals surface area contributed by atoms with E-state index in [0.29, 0.717) is 25.0 Å². The van der Waals surface area contributed by atoms with E-state index in [1.165, 1.54) is 12.8 Å². The number of aromatic nitrogens is 4. The average Bonchev–Trinajstić information content (AvgIpc) is 3.36. The van der Waals surface area contributed by atoms with Crippen molar-refractivity contribution in [3.63, 3.8) is 0 Å². The molecule has 0 spiro atoms. The number of rotatable bonds is 6. The van der Waals surface area contributed by atoms with E-state index in [4.69, 9.17) is 9.26 Å². The molecule has 4 rings (SSSR count). The monoisotopic (exact) mass is 330 g/mol. The second kappa shape index (κ2) is 6.82. The van der Waals surface area contributed by atoms with Gasteiger partial charge in [-0.1, -0.05) is 5.16 Å². The van der Waals surface area contributed by atoms with E-state index in [0.717, 1.165) is 31.3 Å². The summed E-state index contributed by atoms with van der Waals surface area (Å²) in [6.07, 6.45) is 4.17. The van der Waals surface area contributed by atoms with Crippen molar-refractivity contribution in [2.75, 3.05) is 38.2 Å². The van der Waals surface area contributed by atoms with E-state index in [9.17, 15) is 0 Å². The molecule has 8 nitrogen and oxygen atoms in total. The number of hydrogen-bond donors (Lipinski definition) is 0. The van der Waals surface area contributed by atoms with Gasteiger partial charge in [0, 0.05) is 38.8 Å². The maximum atomic E-state index is 5.89. The number of morpholine rings is 1. The Morgan fingerprint density at radius 1 is 1.38 bits per heavy atom. The molecule has 0 unspecified atom stereocenters. The van der Waals surface area contributed by atoms with E-state index < -0.39 is 0 Å². The van der Waals surface area contributed by atoms with E-state index >= 15 is 0 Å². The minimum absolute atomic E-state index is 0.122. The first kappa shape index (κ1) is 15.5. The summed E-state index contributed by atoms with van der Waals surface area (Å²) >= 11 is 0. The van der Waals surface area contributed by atoms with Gasteiger partial charge in [-0.2, -0.15) is 10.1 Å². The predicted octanol–water partition coefficient (Wildman–Crippen LogP) is 1.07. The average molecular weight is 330 g/mol. The van der Waals surface area contributed by atoms with Crippen molar-refractivity contribution in [2.24, 2.45) is 0 Å². The van der Waals surface area contributed by atoms with Gasteiger partial charge in [-0.25, -0.2) is 0 Å². The van der Waals surface area contributed by atoms with Crippen LogP contribution in [0.25, 0.3) is 0 Å². The smallest absolute Gasteiger partial charge is 0.240 e. The highest BCUT2D eigenvalue weighted by Gasteiger charge is 2.29. The summed E-state index contributed by atoms with van der Waals surface area (Å²) in [7, 11) is 2.01. The highest BCUT2D eigenvalue weighted by molar-refractivity contribution is 5.35. The van der Waals surface area contributed by atoms with Gasteiger partial charge in [0.05, 0.1) is 19.3 Å². The van der Waals surface area contributed by atoms with Crippen molar-refractivity contribution in [1.82, 2.24) is 25.2 Å². The third kappa shape index (κ3) is 3.70. The fraction of sp³-hybridized carbons (Fsp3) is 0.625. The quantitative estimate of drug-likeness (QED) is 0.778. The van der Waals surface area contributed by atoms with Crippen LogP contribution in [0.1, 0.15) is 30.5 Å². The molecule has 24 heavy (non-hydrogen) atoms. The molecular weight excluding hydrogens is 308 g/mol. The molecule has 0 bridgehead atoms. The molecule has 8 heteroatoms. The maximum absolute atomic E-state index is 5.89. The molecule has 2 aromatic rings. The summed E-state index contributed by atoms with van der Waals surface area (Å²) in [6, 6.07) is 3.84. The van der Waals surface area contributed by atoms with Gasteiger partial charge < -0.3 is 14.2 Å². The summed E-state index contributed by atoms with van der Waals surface area (Å²) in [5.74, 6) is 2.96. The predicted molar refractivity (Wildman–Crippen MR) is 86.6 cm³/mol. The van der Waals surface area contributed by atoms with Crippen LogP contribution < -0.4 is 4.90 Å². The molecular formula is C16H22N6O2. The van der Waals surface area contributed by atoms with Gasteiger partial charge in [-0.05, 0) is 25.0 Å². The molecule has 3 heterocycles. The van der Waals surface area contributed by atoms with Crippen molar-refractivity contribution in [2.45, 2.75) is 31.4 Å². The van der Waals surface area contributed by atoms with Gasteiger partial charge in [0.15, 0.2) is 11.6 Å². The van der Waals surface area contributed by atoms with Crippen LogP contribution >= 0.6 is 0 Å². The second-order valence-corrected chi connectivity index (χ2v) is 6.51. The Hall–Kier alpha value is -2.06. The van der Waals surface area contributed by atoms with Crippen LogP contribution in [0.2, 0.25) is 0 Å². The first-order chi connectivity index (χ1) is 11.8. The molecule has 2 fully saturated rings. The van der Waals surface area contributed by atoms with Crippen LogP contribution in [-0.4, -0.2) is 64.6 Å². The summed E-state index contributed by atoms with van der Waals surface area (Å²) < 4.78 is 11.3. The molecule has 0 aromatic carbocycles. The SMILES string of the molecule is CN(C[C@@H]1CN(Cc2nc(C3CC3)no2)CCO1)c1cccnn1. The van der Waals surface area contributed by atoms with Crippen LogP contribution in [0.5, 0.6) is 0 Å². The normalized spacial score (nSPS) is 21.8. The van der Waals surface area contributed by atoms with Crippen molar-refractivity contribution in [3.05, 3.63) is 30.0 Å². The van der Waals surface area contributed by atoms with Gasteiger partial charge in [-0.3, -0.25) is 4.90 Å². The molecule has 0 radical (unpaired) electrons. The lowest BCUT2D eigenvalue weighted by atomic mass is 10.2. The van der Waals surface area contributed by atoms with Crippen LogP contribution in [0.3, 0.4) is 0 Å². The highest BCUT2D eigenvalue weighted by atomic mass is 16.5. The fourth-order valence-electron chi connectivity index (χ4n) is 2.96. The summed E-state index contributed by atoms with van der Waals surface area (Å²) in [5.41, 5.74) is 0. The molecule has 1 saturated carbocycles. The van der Waals surface area contributed by atoms with E-state index in [1.54, 1.807) is 6.20 Å². The lowest BCUT2D eigenvalue weighted by Gasteiger charge is -2.34. The van der Waals surface area contributed by atoms with E-state index in [2.05, 4.69) is 30.1 Å². The second-order valence-electron chi connectivity index (χ2n) is 6.51. The number of anilines is 1. The largest absolute Gasteiger partial charge is 0.374 e. The zero-order valence-electron chi connectivity index (χ0n) is 13.8. The molecule has 1 saturated heterocycles. The Labute approximate surface area is 140 Å². The fourth-order valence-corrected chi connectivity index (χ4v) is 2.96. The van der Waals surface area contributed by atoms with Crippen LogP contribution in [0.4, 0.5) is 5.82 Å². The topological polar surface area (TPSA) is 80.4 Å². The van der Waals surface area contributed by atoms with Crippen molar-refractivity contribution in [1.29, 1.82) is 0 Å². The van der Waals surface area contributed by atoms with Gasteiger partial charge >= 0.3 is 0 Å². The van der Waals surface area contributed by atoms with Gasteiger partial charge in [0.1, 0.15) is 0 Å². The first-order valence-corrected chi connectivity index (χ1v) is 8.43. The lowest BCUT2D eigenvalue weighted by Crippen LogP contribution is -2.46. The third-order valence-corrected chi connectivity index (χ3v) is 4.43. The molecule has 1 aliphatic heterocycles. The number of ether oxygens (including phenoxy) is 1. The molecule has 1 atom stereocenters. The van der Waals surface area contributed by atoms with Gasteiger partial charge in [-0.15, -0.1) is 5.10 Å². The maximum Gasteiger partial charge on any atom is 0.240 e. The Morgan fingerprint density at radius 2 is 2.29 bits per heavy atom. The highest BCUT2D eigenvalue weighted by Crippen LogP contribution is 2.38. The summed E-state index contributed by atoms with van der Waals surface area (Å²) in [6.45, 7) is 3.89. The van der Waals surface area contributed by atoms with Crippen LogP contribution in [0.15, 0.2) is 22.9 Å². The Morgan fingerprint density at radius 3 is 3.08 bits per heavy atom. The Bertz CT molecular complexity index is 660. The molecule has 2 aliphatic rings. The van der Waals surface area contributed by atoms with Gasteiger partial charge in [0.25, 0.3) is 0 Å². The number of nitrogens with zero attached hydrogens (tertiary/aromatic N) is 6. The van der Waals surface area contributed by atoms with E-state index in [-0.39, 0.29) is 6.10 Å². The lowest BCUT2D eigenvalue weighted by molar-refractivity contribution is -0.0292. The van der Waals surface area contributed by atoms with E-state index in [1.807, 2.05) is 19.2 Å². The Balaban J connectivity index is 1.31. The van der Waals surface area contributed by atoms with Gasteiger partial charge in [0.2, 0.25) is 5.89 Å².